The summed E-state index contributed by atoms with van der Waals surface area (Å²) in [5, 5.41) is 11.6. The van der Waals surface area contributed by atoms with Crippen molar-refractivity contribution in [2.24, 2.45) is 0 Å². The lowest BCUT2D eigenvalue weighted by atomic mass is 10.1. The van der Waals surface area contributed by atoms with Gasteiger partial charge in [-0.05, 0) is 36.8 Å². The molecule has 3 rings (SSSR count). The highest BCUT2D eigenvalue weighted by Crippen LogP contribution is 2.24. The maximum atomic E-state index is 5.45. The molecule has 2 aromatic heterocycles. The average molecular weight is 241 g/mol. The van der Waals surface area contributed by atoms with Crippen LogP contribution in [0.4, 0.5) is 5.69 Å². The van der Waals surface area contributed by atoms with E-state index >= 15 is 0 Å². The number of nitrogens with zero attached hydrogens (tertiary/aromatic N) is 1. The van der Waals surface area contributed by atoms with Crippen molar-refractivity contribution < 1.29 is 4.42 Å². The molecule has 1 atom stereocenters. The smallest absolute Gasteiger partial charge is 0.125 e. The van der Waals surface area contributed by atoms with Gasteiger partial charge in [0.25, 0.3) is 0 Å². The molecule has 0 saturated carbocycles. The van der Waals surface area contributed by atoms with Crippen LogP contribution < -0.4 is 5.32 Å². The van der Waals surface area contributed by atoms with Crippen molar-refractivity contribution in [1.82, 2.24) is 10.2 Å². The minimum atomic E-state index is 0.195. The van der Waals surface area contributed by atoms with Crippen molar-refractivity contribution in [2.45, 2.75) is 19.4 Å². The predicted molar refractivity (Wildman–Crippen MR) is 71.5 cm³/mol. The summed E-state index contributed by atoms with van der Waals surface area (Å²) in [7, 11) is 0. The number of nitrogens with one attached hydrogen (secondary N) is 2. The molecule has 2 N–H and O–H groups in total. The number of hydrogen-bond acceptors (Lipinski definition) is 3. The molecule has 0 fully saturated rings. The molecule has 0 aliphatic heterocycles. The molecule has 0 amide bonds. The fourth-order valence-electron chi connectivity index (χ4n) is 2.09. The maximum Gasteiger partial charge on any atom is 0.125 e. The van der Waals surface area contributed by atoms with Crippen LogP contribution in [0.2, 0.25) is 0 Å². The van der Waals surface area contributed by atoms with E-state index in [1.165, 1.54) is 0 Å². The lowest BCUT2D eigenvalue weighted by molar-refractivity contribution is 0.474. The second-order valence-corrected chi connectivity index (χ2v) is 4.29. The number of aromatic amines is 1. The van der Waals surface area contributed by atoms with E-state index in [0.29, 0.717) is 0 Å². The summed E-state index contributed by atoms with van der Waals surface area (Å²) in [6, 6.07) is 10.3. The molecule has 0 aliphatic carbocycles. The van der Waals surface area contributed by atoms with Crippen molar-refractivity contribution in [3.8, 4) is 0 Å². The molecule has 1 aromatic carbocycles. The van der Waals surface area contributed by atoms with Crippen LogP contribution in [0, 0.1) is 0 Å². The number of benzene rings is 1. The van der Waals surface area contributed by atoms with Crippen molar-refractivity contribution in [2.75, 3.05) is 5.32 Å². The van der Waals surface area contributed by atoms with Crippen LogP contribution in [0.5, 0.6) is 0 Å². The number of anilines is 1. The molecule has 0 radical (unpaired) electrons. The first-order valence-corrected chi connectivity index (χ1v) is 6.10. The Labute approximate surface area is 105 Å². The first-order valence-electron chi connectivity index (χ1n) is 6.10. The quantitative estimate of drug-likeness (QED) is 0.732. The maximum absolute atomic E-state index is 5.45. The van der Waals surface area contributed by atoms with Crippen LogP contribution in [0.15, 0.2) is 47.2 Å². The minimum Gasteiger partial charge on any atom is -0.467 e. The predicted octanol–water partition coefficient (Wildman–Crippen LogP) is 3.72. The molecular weight excluding hydrogens is 226 g/mol. The van der Waals surface area contributed by atoms with Gasteiger partial charge in [0.2, 0.25) is 0 Å². The second-order valence-electron chi connectivity index (χ2n) is 4.29. The third kappa shape index (κ3) is 1.97. The highest BCUT2D eigenvalue weighted by Gasteiger charge is 2.11. The number of rotatable bonds is 4. The molecule has 0 aliphatic rings. The highest BCUT2D eigenvalue weighted by molar-refractivity contribution is 5.81. The zero-order valence-electron chi connectivity index (χ0n) is 10.2. The fourth-order valence-corrected chi connectivity index (χ4v) is 2.09. The summed E-state index contributed by atoms with van der Waals surface area (Å²) < 4.78 is 5.45. The first kappa shape index (κ1) is 10.9. The van der Waals surface area contributed by atoms with E-state index in [2.05, 4.69) is 40.6 Å². The van der Waals surface area contributed by atoms with Gasteiger partial charge in [-0.25, -0.2) is 0 Å². The van der Waals surface area contributed by atoms with Gasteiger partial charge in [0.1, 0.15) is 5.76 Å². The summed E-state index contributed by atoms with van der Waals surface area (Å²) in [5.41, 5.74) is 2.10. The lowest BCUT2D eigenvalue weighted by Crippen LogP contribution is -2.08. The summed E-state index contributed by atoms with van der Waals surface area (Å²) >= 11 is 0. The van der Waals surface area contributed by atoms with Crippen LogP contribution in [0.25, 0.3) is 10.9 Å². The van der Waals surface area contributed by atoms with E-state index in [0.717, 1.165) is 28.8 Å². The average Bonchev–Trinajstić information content (AvgIpc) is 3.06. The third-order valence-corrected chi connectivity index (χ3v) is 3.08. The molecule has 0 saturated heterocycles. The van der Waals surface area contributed by atoms with Gasteiger partial charge in [0.05, 0.1) is 24.0 Å². The Morgan fingerprint density at radius 2 is 2.33 bits per heavy atom. The number of furan rings is 1. The third-order valence-electron chi connectivity index (χ3n) is 3.08. The molecule has 1 unspecified atom stereocenters. The van der Waals surface area contributed by atoms with Gasteiger partial charge in [-0.2, -0.15) is 5.10 Å². The molecule has 4 nitrogen and oxygen atoms in total. The second kappa shape index (κ2) is 4.56. The zero-order valence-corrected chi connectivity index (χ0v) is 10.2. The molecule has 18 heavy (non-hydrogen) atoms. The van der Waals surface area contributed by atoms with Gasteiger partial charge in [0, 0.05) is 11.1 Å². The molecule has 4 heteroatoms. The molecule has 2 heterocycles. The van der Waals surface area contributed by atoms with E-state index in [4.69, 9.17) is 4.42 Å². The number of aromatic nitrogens is 2. The Kier molecular flexibility index (Phi) is 2.76. The summed E-state index contributed by atoms with van der Waals surface area (Å²) in [6.07, 6.45) is 4.50. The van der Waals surface area contributed by atoms with Crippen LogP contribution in [-0.2, 0) is 0 Å². The molecular formula is C14H15N3O. The van der Waals surface area contributed by atoms with Crippen molar-refractivity contribution >= 4 is 16.6 Å². The van der Waals surface area contributed by atoms with Gasteiger partial charge in [-0.15, -0.1) is 0 Å². The van der Waals surface area contributed by atoms with Crippen molar-refractivity contribution in [3.05, 3.63) is 48.6 Å². The van der Waals surface area contributed by atoms with E-state index in [1.54, 1.807) is 6.26 Å². The number of hydrogen-bond donors (Lipinski definition) is 2. The highest BCUT2D eigenvalue weighted by atomic mass is 16.3. The van der Waals surface area contributed by atoms with E-state index < -0.39 is 0 Å². The molecule has 0 spiro atoms. The van der Waals surface area contributed by atoms with E-state index in [9.17, 15) is 0 Å². The fraction of sp³-hybridized carbons (Fsp3) is 0.214. The van der Waals surface area contributed by atoms with Gasteiger partial charge in [0.15, 0.2) is 0 Å². The van der Waals surface area contributed by atoms with Crippen molar-refractivity contribution in [3.63, 3.8) is 0 Å². The van der Waals surface area contributed by atoms with Crippen molar-refractivity contribution in [1.29, 1.82) is 0 Å². The standard InChI is InChI=1S/C14H15N3O/c1-2-12(14-4-3-7-18-14)16-11-6-5-10-9-15-17-13(10)8-11/h3-9,12,16H,2H2,1H3,(H,15,17). The summed E-state index contributed by atoms with van der Waals surface area (Å²) in [5.74, 6) is 0.960. The Morgan fingerprint density at radius 3 is 3.11 bits per heavy atom. The zero-order chi connectivity index (χ0) is 12.4. The SMILES string of the molecule is CCC(Nc1ccc2cn[nH]c2c1)c1ccco1. The summed E-state index contributed by atoms with van der Waals surface area (Å²) in [4.78, 5) is 0. The lowest BCUT2D eigenvalue weighted by Gasteiger charge is -2.15. The molecule has 0 bridgehead atoms. The Bertz CT molecular complexity index is 627. The van der Waals surface area contributed by atoms with Gasteiger partial charge < -0.3 is 9.73 Å². The topological polar surface area (TPSA) is 53.9 Å². The normalized spacial score (nSPS) is 12.7. The molecule has 92 valence electrons. The monoisotopic (exact) mass is 241 g/mol. The Morgan fingerprint density at radius 1 is 1.39 bits per heavy atom. The minimum absolute atomic E-state index is 0.195. The Balaban J connectivity index is 1.86. The van der Waals surface area contributed by atoms with Crippen LogP contribution in [0.3, 0.4) is 0 Å². The van der Waals surface area contributed by atoms with Crippen LogP contribution in [0.1, 0.15) is 25.1 Å². The largest absolute Gasteiger partial charge is 0.467 e. The first-order chi connectivity index (χ1) is 8.86. The van der Waals surface area contributed by atoms with Crippen LogP contribution in [-0.4, -0.2) is 10.2 Å². The van der Waals surface area contributed by atoms with E-state index in [1.807, 2.05) is 18.3 Å². The number of fused-ring (bicyclic) bond motifs is 1. The summed E-state index contributed by atoms with van der Waals surface area (Å²) in [6.45, 7) is 2.13. The molecule has 3 aromatic rings. The number of H-pyrrole nitrogens is 1. The Hall–Kier alpha value is -2.23. The van der Waals surface area contributed by atoms with Gasteiger partial charge in [-0.1, -0.05) is 6.92 Å². The van der Waals surface area contributed by atoms with Gasteiger partial charge in [-0.3, -0.25) is 5.10 Å². The van der Waals surface area contributed by atoms with Crippen LogP contribution >= 0.6 is 0 Å². The van der Waals surface area contributed by atoms with E-state index in [-0.39, 0.29) is 6.04 Å². The van der Waals surface area contributed by atoms with Gasteiger partial charge >= 0.3 is 0 Å².